The molecule has 1 aromatic heterocycles. The van der Waals surface area contributed by atoms with E-state index < -0.39 is 12.7 Å². The second-order valence-electron chi connectivity index (χ2n) is 4.78. The minimum Gasteiger partial charge on any atom is -0.338 e. The summed E-state index contributed by atoms with van der Waals surface area (Å²) in [5.41, 5.74) is 7.53. The van der Waals surface area contributed by atoms with Crippen LogP contribution in [0.3, 0.4) is 0 Å². The summed E-state index contributed by atoms with van der Waals surface area (Å²) in [4.78, 5) is 0. The first-order valence-corrected chi connectivity index (χ1v) is 6.30. The van der Waals surface area contributed by atoms with Gasteiger partial charge in [-0.3, -0.25) is 0 Å². The Kier molecular flexibility index (Phi) is 3.85. The van der Waals surface area contributed by atoms with Gasteiger partial charge in [0.1, 0.15) is 6.54 Å². The summed E-state index contributed by atoms with van der Waals surface area (Å²) < 4.78 is 38.6. The first-order valence-electron chi connectivity index (χ1n) is 6.30. The fourth-order valence-electron chi connectivity index (χ4n) is 2.22. The number of hydrogen-bond donors (Lipinski definition) is 1. The molecule has 5 heteroatoms. The predicted octanol–water partition coefficient (Wildman–Crippen LogP) is 3.48. The molecule has 0 aliphatic rings. The van der Waals surface area contributed by atoms with Crippen LogP contribution in [0.1, 0.15) is 18.9 Å². The highest BCUT2D eigenvalue weighted by Crippen LogP contribution is 2.25. The minimum absolute atomic E-state index is 0.0385. The van der Waals surface area contributed by atoms with Crippen LogP contribution in [0.4, 0.5) is 13.2 Å². The molecule has 2 rings (SSSR count). The predicted molar refractivity (Wildman–Crippen MR) is 70.0 cm³/mol. The first-order chi connectivity index (χ1) is 8.90. The lowest BCUT2D eigenvalue weighted by Gasteiger charge is -2.12. The minimum atomic E-state index is -4.21. The lowest BCUT2D eigenvalue weighted by Crippen LogP contribution is -2.21. The van der Waals surface area contributed by atoms with E-state index in [1.807, 2.05) is 13.0 Å². The van der Waals surface area contributed by atoms with Gasteiger partial charge in [-0.15, -0.1) is 0 Å². The maximum absolute atomic E-state index is 12.5. The summed E-state index contributed by atoms with van der Waals surface area (Å²) in [6.07, 6.45) is -1.19. The van der Waals surface area contributed by atoms with Crippen molar-refractivity contribution < 1.29 is 13.2 Å². The smallest absolute Gasteiger partial charge is 0.338 e. The van der Waals surface area contributed by atoms with Crippen molar-refractivity contribution in [1.29, 1.82) is 0 Å². The Morgan fingerprint density at radius 2 is 2.00 bits per heavy atom. The number of aromatic nitrogens is 1. The molecule has 0 amide bonds. The molecule has 2 aromatic rings. The first kappa shape index (κ1) is 13.9. The van der Waals surface area contributed by atoms with E-state index in [4.69, 9.17) is 5.73 Å². The molecule has 2 nitrogen and oxygen atoms in total. The van der Waals surface area contributed by atoms with Gasteiger partial charge in [0, 0.05) is 23.1 Å². The van der Waals surface area contributed by atoms with Crippen LogP contribution >= 0.6 is 0 Å². The molecule has 104 valence electrons. The van der Waals surface area contributed by atoms with Crippen LogP contribution in [0.5, 0.6) is 0 Å². The molecule has 0 aliphatic carbocycles. The van der Waals surface area contributed by atoms with Crippen molar-refractivity contribution in [3.63, 3.8) is 0 Å². The molecule has 1 heterocycles. The SMILES string of the molecule is CCC(N)Cc1cccc2c1ccn2CC(F)(F)F. The fourth-order valence-corrected chi connectivity index (χ4v) is 2.22. The molecule has 0 spiro atoms. The van der Waals surface area contributed by atoms with E-state index >= 15 is 0 Å². The molecule has 1 atom stereocenters. The quantitative estimate of drug-likeness (QED) is 0.906. The summed E-state index contributed by atoms with van der Waals surface area (Å²) in [6, 6.07) is 7.19. The van der Waals surface area contributed by atoms with Gasteiger partial charge in [-0.2, -0.15) is 13.2 Å². The summed E-state index contributed by atoms with van der Waals surface area (Å²) in [5, 5.41) is 0.857. The molecule has 0 aliphatic heterocycles. The van der Waals surface area contributed by atoms with Crippen molar-refractivity contribution in [3.8, 4) is 0 Å². The normalized spacial score (nSPS) is 13.9. The largest absolute Gasteiger partial charge is 0.406 e. The van der Waals surface area contributed by atoms with Crippen LogP contribution in [0, 0.1) is 0 Å². The van der Waals surface area contributed by atoms with E-state index in [0.29, 0.717) is 11.9 Å². The lowest BCUT2D eigenvalue weighted by atomic mass is 10.0. The lowest BCUT2D eigenvalue weighted by molar-refractivity contribution is -0.139. The number of halogens is 3. The maximum Gasteiger partial charge on any atom is 0.406 e. The summed E-state index contributed by atoms with van der Waals surface area (Å²) in [7, 11) is 0. The number of fused-ring (bicyclic) bond motifs is 1. The fraction of sp³-hybridized carbons (Fsp3) is 0.429. The monoisotopic (exact) mass is 270 g/mol. The van der Waals surface area contributed by atoms with Gasteiger partial charge in [0.15, 0.2) is 0 Å². The van der Waals surface area contributed by atoms with E-state index in [9.17, 15) is 13.2 Å². The van der Waals surface area contributed by atoms with Crippen molar-refractivity contribution in [2.45, 2.75) is 38.5 Å². The van der Waals surface area contributed by atoms with Gasteiger partial charge in [-0.1, -0.05) is 19.1 Å². The van der Waals surface area contributed by atoms with Gasteiger partial charge in [-0.05, 0) is 30.5 Å². The van der Waals surface area contributed by atoms with Crippen LogP contribution in [0.15, 0.2) is 30.5 Å². The number of nitrogens with zero attached hydrogens (tertiary/aromatic N) is 1. The van der Waals surface area contributed by atoms with Gasteiger partial charge >= 0.3 is 6.18 Å². The number of benzene rings is 1. The molecule has 0 bridgehead atoms. The Balaban J connectivity index is 2.37. The van der Waals surface area contributed by atoms with Crippen molar-refractivity contribution >= 4 is 10.9 Å². The molecule has 0 fully saturated rings. The van der Waals surface area contributed by atoms with Crippen molar-refractivity contribution in [2.75, 3.05) is 0 Å². The van der Waals surface area contributed by atoms with Crippen molar-refractivity contribution in [3.05, 3.63) is 36.0 Å². The summed E-state index contributed by atoms with van der Waals surface area (Å²) in [5.74, 6) is 0. The molecule has 0 saturated carbocycles. The van der Waals surface area contributed by atoms with Gasteiger partial charge in [0.2, 0.25) is 0 Å². The van der Waals surface area contributed by atoms with Crippen molar-refractivity contribution in [1.82, 2.24) is 4.57 Å². The summed E-state index contributed by atoms with van der Waals surface area (Å²) in [6.45, 7) is 1.04. The van der Waals surface area contributed by atoms with Crippen LogP contribution < -0.4 is 5.73 Å². The number of alkyl halides is 3. The molecule has 19 heavy (non-hydrogen) atoms. The number of hydrogen-bond acceptors (Lipinski definition) is 1. The molecule has 1 unspecified atom stereocenters. The highest BCUT2D eigenvalue weighted by atomic mass is 19.4. The highest BCUT2D eigenvalue weighted by molar-refractivity contribution is 5.83. The number of nitrogens with two attached hydrogens (primary N) is 1. The number of rotatable bonds is 4. The molecule has 0 saturated heterocycles. The Hall–Kier alpha value is -1.49. The zero-order valence-corrected chi connectivity index (χ0v) is 10.7. The van der Waals surface area contributed by atoms with Crippen molar-refractivity contribution in [2.24, 2.45) is 5.73 Å². The third-order valence-corrected chi connectivity index (χ3v) is 3.26. The zero-order valence-electron chi connectivity index (χ0n) is 10.7. The van der Waals surface area contributed by atoms with Gasteiger partial charge in [-0.25, -0.2) is 0 Å². The topological polar surface area (TPSA) is 30.9 Å². The van der Waals surface area contributed by atoms with E-state index in [0.717, 1.165) is 17.4 Å². The average molecular weight is 270 g/mol. The molecular weight excluding hydrogens is 253 g/mol. The van der Waals surface area contributed by atoms with Crippen LogP contribution in [0.25, 0.3) is 10.9 Å². The third kappa shape index (κ3) is 3.29. The Labute approximate surface area is 110 Å². The second-order valence-corrected chi connectivity index (χ2v) is 4.78. The third-order valence-electron chi connectivity index (χ3n) is 3.26. The Bertz CT molecular complexity index is 557. The molecule has 0 radical (unpaired) electrons. The molecule has 1 aromatic carbocycles. The van der Waals surface area contributed by atoms with E-state index in [1.165, 1.54) is 10.8 Å². The zero-order chi connectivity index (χ0) is 14.0. The van der Waals surface area contributed by atoms with E-state index in [2.05, 4.69) is 0 Å². The van der Waals surface area contributed by atoms with Gasteiger partial charge in [0.25, 0.3) is 0 Å². The molecular formula is C14H17F3N2. The van der Waals surface area contributed by atoms with E-state index in [1.54, 1.807) is 18.2 Å². The highest BCUT2D eigenvalue weighted by Gasteiger charge is 2.28. The van der Waals surface area contributed by atoms with Gasteiger partial charge in [0.05, 0.1) is 0 Å². The Morgan fingerprint density at radius 3 is 2.63 bits per heavy atom. The van der Waals surface area contributed by atoms with Crippen LogP contribution in [0.2, 0.25) is 0 Å². The average Bonchev–Trinajstić information content (AvgIpc) is 2.71. The van der Waals surface area contributed by atoms with Crippen LogP contribution in [-0.4, -0.2) is 16.8 Å². The van der Waals surface area contributed by atoms with Crippen LogP contribution in [-0.2, 0) is 13.0 Å². The standard InChI is InChI=1S/C14H17F3N2/c1-2-11(18)8-10-4-3-5-13-12(10)6-7-19(13)9-14(15,16)17/h3-7,11H,2,8-9,18H2,1H3. The second kappa shape index (κ2) is 5.25. The van der Waals surface area contributed by atoms with E-state index in [-0.39, 0.29) is 6.04 Å². The Morgan fingerprint density at radius 1 is 1.26 bits per heavy atom. The summed E-state index contributed by atoms with van der Waals surface area (Å²) >= 11 is 0. The van der Waals surface area contributed by atoms with Gasteiger partial charge < -0.3 is 10.3 Å². The maximum atomic E-state index is 12.5. The molecule has 2 N–H and O–H groups in total.